The molecule has 1 aromatic carbocycles. The van der Waals surface area contributed by atoms with Crippen molar-refractivity contribution < 1.29 is 27.5 Å². The number of nitrogens with one attached hydrogen (secondary N) is 2. The van der Waals surface area contributed by atoms with E-state index in [1.54, 1.807) is 12.1 Å². The van der Waals surface area contributed by atoms with Crippen molar-refractivity contribution >= 4 is 27.5 Å². The van der Waals surface area contributed by atoms with Gasteiger partial charge in [-0.05, 0) is 31.4 Å². The van der Waals surface area contributed by atoms with Crippen LogP contribution in [0.2, 0.25) is 0 Å². The molecule has 0 radical (unpaired) electrons. The van der Waals surface area contributed by atoms with Gasteiger partial charge < -0.3 is 14.8 Å². The van der Waals surface area contributed by atoms with Gasteiger partial charge >= 0.3 is 0 Å². The molecule has 0 aliphatic carbocycles. The van der Waals surface area contributed by atoms with Gasteiger partial charge in [0.25, 0.3) is 15.9 Å². The van der Waals surface area contributed by atoms with Crippen molar-refractivity contribution in [3.63, 3.8) is 0 Å². The minimum absolute atomic E-state index is 0.0936. The first-order valence-electron chi connectivity index (χ1n) is 12.7. The zero-order valence-corrected chi connectivity index (χ0v) is 22.8. The van der Waals surface area contributed by atoms with Crippen molar-refractivity contribution in [2.24, 2.45) is 5.41 Å². The fourth-order valence-corrected chi connectivity index (χ4v) is 4.77. The summed E-state index contributed by atoms with van der Waals surface area (Å²) in [7, 11) is -4.16. The van der Waals surface area contributed by atoms with Gasteiger partial charge in [0.2, 0.25) is 5.91 Å². The number of benzene rings is 1. The summed E-state index contributed by atoms with van der Waals surface area (Å²) in [5, 5.41) is 2.71. The predicted molar refractivity (Wildman–Crippen MR) is 139 cm³/mol. The van der Waals surface area contributed by atoms with Crippen molar-refractivity contribution in [2.75, 3.05) is 25.1 Å². The molecule has 8 nitrogen and oxygen atoms in total. The Hall–Kier alpha value is -1.97. The van der Waals surface area contributed by atoms with E-state index < -0.39 is 33.4 Å². The lowest BCUT2D eigenvalue weighted by Crippen LogP contribution is -2.45. The van der Waals surface area contributed by atoms with E-state index in [1.165, 1.54) is 12.1 Å². The third-order valence-corrected chi connectivity index (χ3v) is 6.88. The van der Waals surface area contributed by atoms with Crippen LogP contribution < -0.4 is 10.0 Å². The average Bonchev–Trinajstić information content (AvgIpc) is 2.79. The van der Waals surface area contributed by atoms with Crippen molar-refractivity contribution in [3.8, 4) is 0 Å². The Bertz CT molecular complexity index is 886. The monoisotopic (exact) mass is 512 g/mol. The number of carbonyl (C=O) groups is 2. The molecule has 0 fully saturated rings. The summed E-state index contributed by atoms with van der Waals surface area (Å²) in [5.74, 6) is -1.02. The van der Waals surface area contributed by atoms with Gasteiger partial charge in [-0.3, -0.25) is 9.59 Å². The summed E-state index contributed by atoms with van der Waals surface area (Å²) in [5.41, 5.74) is -0.551. The third kappa shape index (κ3) is 11.1. The van der Waals surface area contributed by atoms with Crippen LogP contribution in [0, 0.1) is 5.41 Å². The number of unbranched alkanes of at least 4 members (excludes halogenated alkanes) is 4. The molecule has 2 amide bonds. The summed E-state index contributed by atoms with van der Waals surface area (Å²) in [4.78, 5) is 25.4. The second kappa shape index (κ2) is 15.9. The number of hydrogen-bond acceptors (Lipinski definition) is 6. The normalized spacial score (nSPS) is 12.8. The van der Waals surface area contributed by atoms with E-state index in [0.29, 0.717) is 26.2 Å². The standard InChI is InChI=1S/C26H44N2O6S/c1-6-9-10-11-12-17-23(29)28-35(31,32)22-16-14-13-15-21(22)27-25(30)24(34-19-8-3)26(4,5)20-33-18-7-2/h13-16,24H,6-12,17-20H2,1-5H3,(H,27,30)(H,28,29). The summed E-state index contributed by atoms with van der Waals surface area (Å²) < 4.78 is 39.6. The average molecular weight is 513 g/mol. The Balaban J connectivity index is 2.98. The second-order valence-corrected chi connectivity index (χ2v) is 11.1. The van der Waals surface area contributed by atoms with Gasteiger partial charge in [-0.25, -0.2) is 13.1 Å². The first kappa shape index (κ1) is 31.1. The maximum atomic E-state index is 13.3. The number of carbonyl (C=O) groups excluding carboxylic acids is 2. The van der Waals surface area contributed by atoms with Gasteiger partial charge in [0.05, 0.1) is 12.3 Å². The highest BCUT2D eigenvalue weighted by molar-refractivity contribution is 7.90. The number of hydrogen-bond donors (Lipinski definition) is 2. The van der Waals surface area contributed by atoms with E-state index in [9.17, 15) is 18.0 Å². The molecule has 35 heavy (non-hydrogen) atoms. The van der Waals surface area contributed by atoms with Gasteiger partial charge in [-0.1, -0.05) is 72.4 Å². The van der Waals surface area contributed by atoms with Crippen LogP contribution >= 0.6 is 0 Å². The van der Waals surface area contributed by atoms with E-state index >= 15 is 0 Å². The lowest BCUT2D eigenvalue weighted by molar-refractivity contribution is -0.139. The number of sulfonamides is 1. The first-order valence-corrected chi connectivity index (χ1v) is 14.2. The molecule has 2 N–H and O–H groups in total. The molecular weight excluding hydrogens is 468 g/mol. The number of ether oxygens (including phenoxy) is 2. The van der Waals surface area contributed by atoms with Crippen LogP contribution in [-0.2, 0) is 29.1 Å². The predicted octanol–water partition coefficient (Wildman–Crippen LogP) is 5.04. The maximum Gasteiger partial charge on any atom is 0.266 e. The quantitative estimate of drug-likeness (QED) is 0.267. The number of para-hydroxylation sites is 1. The lowest BCUT2D eigenvalue weighted by atomic mass is 9.86. The summed E-state index contributed by atoms with van der Waals surface area (Å²) in [6.45, 7) is 11.1. The van der Waals surface area contributed by atoms with E-state index in [4.69, 9.17) is 9.47 Å². The van der Waals surface area contributed by atoms with Crippen molar-refractivity contribution in [3.05, 3.63) is 24.3 Å². The molecule has 1 atom stereocenters. The minimum Gasteiger partial charge on any atom is -0.381 e. The SMILES string of the molecule is CCCCCCCC(=O)NS(=O)(=O)c1ccccc1NC(=O)C(OCCC)C(C)(C)COCCC. The van der Waals surface area contributed by atoms with Crippen LogP contribution in [0.3, 0.4) is 0 Å². The smallest absolute Gasteiger partial charge is 0.266 e. The topological polar surface area (TPSA) is 111 Å². The van der Waals surface area contributed by atoms with E-state index in [-0.39, 0.29) is 17.0 Å². The first-order chi connectivity index (χ1) is 16.6. The molecular formula is C26H44N2O6S. The maximum absolute atomic E-state index is 13.3. The molecule has 0 saturated carbocycles. The molecule has 0 aliphatic rings. The summed E-state index contributed by atoms with van der Waals surface area (Å²) in [6, 6.07) is 6.04. The van der Waals surface area contributed by atoms with Crippen LogP contribution in [0.25, 0.3) is 0 Å². The Morgan fingerprint density at radius 2 is 1.60 bits per heavy atom. The Morgan fingerprint density at radius 1 is 0.943 bits per heavy atom. The Morgan fingerprint density at radius 3 is 2.26 bits per heavy atom. The number of amides is 2. The second-order valence-electron chi connectivity index (χ2n) is 9.47. The highest BCUT2D eigenvalue weighted by Crippen LogP contribution is 2.28. The van der Waals surface area contributed by atoms with Crippen molar-refractivity contribution in [2.45, 2.75) is 97.0 Å². The van der Waals surface area contributed by atoms with Crippen LogP contribution in [0.1, 0.15) is 86.0 Å². The van der Waals surface area contributed by atoms with Crippen LogP contribution in [0.5, 0.6) is 0 Å². The molecule has 1 aromatic rings. The third-order valence-electron chi connectivity index (χ3n) is 5.45. The minimum atomic E-state index is -4.16. The fraction of sp³-hybridized carbons (Fsp3) is 0.692. The largest absolute Gasteiger partial charge is 0.381 e. The molecule has 1 unspecified atom stereocenters. The molecule has 0 aliphatic heterocycles. The summed E-state index contributed by atoms with van der Waals surface area (Å²) in [6.07, 6.45) is 5.59. The van der Waals surface area contributed by atoms with Crippen molar-refractivity contribution in [1.29, 1.82) is 0 Å². The van der Waals surface area contributed by atoms with Crippen LogP contribution in [0.4, 0.5) is 5.69 Å². The molecule has 200 valence electrons. The molecule has 1 rings (SSSR count). The molecule has 0 spiro atoms. The van der Waals surface area contributed by atoms with Gasteiger partial charge in [0.1, 0.15) is 11.0 Å². The van der Waals surface area contributed by atoms with Gasteiger partial charge in [0.15, 0.2) is 0 Å². The van der Waals surface area contributed by atoms with Gasteiger partial charge in [0, 0.05) is 25.0 Å². The van der Waals surface area contributed by atoms with Crippen LogP contribution in [0.15, 0.2) is 29.2 Å². The Kier molecular flexibility index (Phi) is 14.1. The number of anilines is 1. The lowest BCUT2D eigenvalue weighted by Gasteiger charge is -2.33. The molecule has 0 saturated heterocycles. The zero-order chi connectivity index (χ0) is 26.3. The van der Waals surface area contributed by atoms with Crippen LogP contribution in [-0.4, -0.2) is 46.2 Å². The van der Waals surface area contributed by atoms with E-state index in [0.717, 1.165) is 38.5 Å². The fourth-order valence-electron chi connectivity index (χ4n) is 3.59. The van der Waals surface area contributed by atoms with Crippen molar-refractivity contribution in [1.82, 2.24) is 4.72 Å². The van der Waals surface area contributed by atoms with Gasteiger partial charge in [-0.15, -0.1) is 0 Å². The molecule has 0 bridgehead atoms. The molecule has 0 heterocycles. The highest BCUT2D eigenvalue weighted by Gasteiger charge is 2.37. The van der Waals surface area contributed by atoms with E-state index in [1.807, 2.05) is 27.7 Å². The molecule has 0 aromatic heterocycles. The van der Waals surface area contributed by atoms with E-state index in [2.05, 4.69) is 17.0 Å². The highest BCUT2D eigenvalue weighted by atomic mass is 32.2. The molecule has 9 heteroatoms. The Labute approximate surface area is 211 Å². The number of rotatable bonds is 18. The zero-order valence-electron chi connectivity index (χ0n) is 22.0. The summed E-state index contributed by atoms with van der Waals surface area (Å²) >= 11 is 0. The van der Waals surface area contributed by atoms with Gasteiger partial charge in [-0.2, -0.15) is 0 Å².